The van der Waals surface area contributed by atoms with Gasteiger partial charge in [-0.05, 0) is 12.1 Å². The van der Waals surface area contributed by atoms with Crippen LogP contribution in [-0.2, 0) is 14.1 Å². The first-order valence-corrected chi connectivity index (χ1v) is 8.91. The molecular weight excluding hydrogens is 356 g/mol. The van der Waals surface area contributed by atoms with Crippen LogP contribution < -0.4 is 20.7 Å². The minimum Gasteiger partial charge on any atom is -0.496 e. The van der Waals surface area contributed by atoms with Gasteiger partial charge in [0.25, 0.3) is 5.56 Å². The molecule has 0 fully saturated rings. The number of fused-ring (bicyclic) bond motifs is 1. The zero-order valence-electron chi connectivity index (χ0n) is 15.9. The summed E-state index contributed by atoms with van der Waals surface area (Å²) in [5, 5.41) is 0. The van der Waals surface area contributed by atoms with Gasteiger partial charge in [-0.1, -0.05) is 48.5 Å². The summed E-state index contributed by atoms with van der Waals surface area (Å²) in [6.07, 6.45) is 1.90. The van der Waals surface area contributed by atoms with E-state index in [0.29, 0.717) is 17.1 Å². The molecular formula is C22H20N2O4. The van der Waals surface area contributed by atoms with Crippen molar-refractivity contribution in [3.8, 4) is 11.6 Å². The number of rotatable bonds is 3. The lowest BCUT2D eigenvalue weighted by atomic mass is 9.88. The van der Waals surface area contributed by atoms with Gasteiger partial charge in [0, 0.05) is 31.1 Å². The molecule has 1 aromatic heterocycles. The highest BCUT2D eigenvalue weighted by Crippen LogP contribution is 2.41. The predicted molar refractivity (Wildman–Crippen MR) is 107 cm³/mol. The Balaban J connectivity index is 2.04. The average molecular weight is 376 g/mol. The fourth-order valence-electron chi connectivity index (χ4n) is 3.54. The summed E-state index contributed by atoms with van der Waals surface area (Å²) in [5.74, 6) is 1.10. The molecule has 0 saturated carbocycles. The molecule has 0 spiro atoms. The smallest absolute Gasteiger partial charge is 0.333 e. The van der Waals surface area contributed by atoms with Crippen molar-refractivity contribution in [2.24, 2.45) is 14.1 Å². The minimum absolute atomic E-state index is 0.255. The highest BCUT2D eigenvalue weighted by atomic mass is 16.5. The highest BCUT2D eigenvalue weighted by molar-refractivity contribution is 5.68. The summed E-state index contributed by atoms with van der Waals surface area (Å²) in [6, 6.07) is 17.1. The van der Waals surface area contributed by atoms with Crippen LogP contribution in [0.4, 0.5) is 0 Å². The van der Waals surface area contributed by atoms with Crippen molar-refractivity contribution in [2.45, 2.75) is 5.92 Å². The Kier molecular flexibility index (Phi) is 4.39. The minimum atomic E-state index is -0.433. The Morgan fingerprint density at radius 1 is 0.929 bits per heavy atom. The van der Waals surface area contributed by atoms with Gasteiger partial charge in [-0.3, -0.25) is 13.9 Å². The normalized spacial score (nSPS) is 15.4. The van der Waals surface area contributed by atoms with E-state index in [9.17, 15) is 9.59 Å². The maximum atomic E-state index is 13.0. The molecule has 28 heavy (non-hydrogen) atoms. The van der Waals surface area contributed by atoms with Crippen molar-refractivity contribution < 1.29 is 9.47 Å². The van der Waals surface area contributed by atoms with E-state index in [4.69, 9.17) is 9.47 Å². The first-order valence-electron chi connectivity index (χ1n) is 8.91. The van der Waals surface area contributed by atoms with E-state index in [1.165, 1.54) is 11.6 Å². The first kappa shape index (κ1) is 17.9. The molecule has 4 rings (SSSR count). The van der Waals surface area contributed by atoms with E-state index in [0.717, 1.165) is 15.7 Å². The lowest BCUT2D eigenvalue weighted by molar-refractivity contribution is 0.403. The molecule has 0 amide bonds. The summed E-state index contributed by atoms with van der Waals surface area (Å²) in [4.78, 5) is 25.5. The molecule has 6 heteroatoms. The lowest BCUT2D eigenvalue weighted by Crippen LogP contribution is -2.41. The number of hydrogen-bond donors (Lipinski definition) is 0. The van der Waals surface area contributed by atoms with Gasteiger partial charge in [-0.25, -0.2) is 4.79 Å². The number of para-hydroxylation sites is 1. The molecule has 1 aliphatic rings. The molecule has 3 aromatic rings. The Labute approximate surface area is 161 Å². The van der Waals surface area contributed by atoms with E-state index in [1.807, 2.05) is 60.7 Å². The molecule has 0 bridgehead atoms. The van der Waals surface area contributed by atoms with Gasteiger partial charge in [0.15, 0.2) is 0 Å². The van der Waals surface area contributed by atoms with Crippen LogP contribution in [-0.4, -0.2) is 16.2 Å². The lowest BCUT2D eigenvalue weighted by Gasteiger charge is -2.27. The SMILES string of the molecule is COc1ccccc1C1C=C(c2ccccc2)Oc2c1c(=O)n(C)c(=O)n2C. The Morgan fingerprint density at radius 3 is 2.32 bits per heavy atom. The van der Waals surface area contributed by atoms with Gasteiger partial charge in [0.05, 0.1) is 12.7 Å². The zero-order chi connectivity index (χ0) is 19.8. The van der Waals surface area contributed by atoms with Gasteiger partial charge in [-0.15, -0.1) is 0 Å². The summed E-state index contributed by atoms with van der Waals surface area (Å²) in [5.41, 5.74) is 1.29. The van der Waals surface area contributed by atoms with Crippen LogP contribution in [0.3, 0.4) is 0 Å². The summed E-state index contributed by atoms with van der Waals surface area (Å²) in [6.45, 7) is 0. The Bertz CT molecular complexity index is 1190. The maximum Gasteiger partial charge on any atom is 0.333 e. The molecule has 6 nitrogen and oxygen atoms in total. The number of ether oxygens (including phenoxy) is 2. The standard InChI is InChI=1S/C22H20N2O4/c1-23-20(25)19-16(15-11-7-8-12-17(15)27-3)13-18(14-9-5-4-6-10-14)28-21(19)24(2)22(23)26/h4-13,16H,1-3H3. The number of allylic oxidation sites excluding steroid dienone is 1. The summed E-state index contributed by atoms with van der Waals surface area (Å²) in [7, 11) is 4.67. The number of benzene rings is 2. The third-order valence-electron chi connectivity index (χ3n) is 5.01. The quantitative estimate of drug-likeness (QED) is 0.705. The average Bonchev–Trinajstić information content (AvgIpc) is 2.75. The van der Waals surface area contributed by atoms with Crippen molar-refractivity contribution in [1.82, 2.24) is 9.13 Å². The number of aromatic nitrogens is 2. The third-order valence-corrected chi connectivity index (χ3v) is 5.01. The third kappa shape index (κ3) is 2.74. The van der Waals surface area contributed by atoms with Crippen LogP contribution in [0.15, 0.2) is 70.3 Å². The van der Waals surface area contributed by atoms with Crippen molar-refractivity contribution in [2.75, 3.05) is 7.11 Å². The Morgan fingerprint density at radius 2 is 1.61 bits per heavy atom. The molecule has 1 atom stereocenters. The molecule has 0 saturated heterocycles. The monoisotopic (exact) mass is 376 g/mol. The predicted octanol–water partition coefficient (Wildman–Crippen LogP) is 2.66. The fraction of sp³-hybridized carbons (Fsp3) is 0.182. The van der Waals surface area contributed by atoms with Gasteiger partial charge in [0.2, 0.25) is 5.88 Å². The van der Waals surface area contributed by atoms with Crippen molar-refractivity contribution >= 4 is 5.76 Å². The molecule has 0 radical (unpaired) electrons. The van der Waals surface area contributed by atoms with E-state index < -0.39 is 11.6 Å². The fourth-order valence-corrected chi connectivity index (χ4v) is 3.54. The molecule has 2 aromatic carbocycles. The molecule has 142 valence electrons. The number of hydrogen-bond acceptors (Lipinski definition) is 4. The molecule has 0 aliphatic carbocycles. The van der Waals surface area contributed by atoms with Gasteiger partial charge in [0.1, 0.15) is 11.5 Å². The van der Waals surface area contributed by atoms with Gasteiger partial charge >= 0.3 is 5.69 Å². The number of nitrogens with zero attached hydrogens (tertiary/aromatic N) is 2. The second-order valence-corrected chi connectivity index (χ2v) is 6.64. The van der Waals surface area contributed by atoms with Crippen molar-refractivity contribution in [1.29, 1.82) is 0 Å². The van der Waals surface area contributed by atoms with Crippen LogP contribution in [0.25, 0.3) is 5.76 Å². The van der Waals surface area contributed by atoms with Crippen LogP contribution in [0.2, 0.25) is 0 Å². The summed E-state index contributed by atoms with van der Waals surface area (Å²) >= 11 is 0. The second-order valence-electron chi connectivity index (χ2n) is 6.64. The maximum absolute atomic E-state index is 13.0. The van der Waals surface area contributed by atoms with Gasteiger partial charge < -0.3 is 9.47 Å². The topological polar surface area (TPSA) is 62.5 Å². The van der Waals surface area contributed by atoms with Crippen LogP contribution in [0, 0.1) is 0 Å². The van der Waals surface area contributed by atoms with E-state index >= 15 is 0 Å². The summed E-state index contributed by atoms with van der Waals surface area (Å²) < 4.78 is 14.1. The van der Waals surface area contributed by atoms with Crippen LogP contribution >= 0.6 is 0 Å². The largest absolute Gasteiger partial charge is 0.496 e. The zero-order valence-corrected chi connectivity index (χ0v) is 15.9. The molecule has 1 unspecified atom stereocenters. The van der Waals surface area contributed by atoms with Crippen LogP contribution in [0.5, 0.6) is 11.6 Å². The van der Waals surface area contributed by atoms with E-state index in [1.54, 1.807) is 14.2 Å². The van der Waals surface area contributed by atoms with Crippen molar-refractivity contribution in [3.63, 3.8) is 0 Å². The molecule has 0 N–H and O–H groups in total. The Hall–Kier alpha value is -3.54. The van der Waals surface area contributed by atoms with Crippen LogP contribution in [0.1, 0.15) is 22.6 Å². The highest BCUT2D eigenvalue weighted by Gasteiger charge is 2.32. The van der Waals surface area contributed by atoms with E-state index in [2.05, 4.69) is 0 Å². The first-order chi connectivity index (χ1) is 13.5. The van der Waals surface area contributed by atoms with Gasteiger partial charge in [-0.2, -0.15) is 0 Å². The van der Waals surface area contributed by atoms with E-state index in [-0.39, 0.29) is 11.4 Å². The second kappa shape index (κ2) is 6.88. The number of methoxy groups -OCH3 is 1. The molecule has 1 aliphatic heterocycles. The molecule has 2 heterocycles. The van der Waals surface area contributed by atoms with Crippen molar-refractivity contribution in [3.05, 3.63) is 98.2 Å².